The number of aliphatic hydroxyl groups is 1. The smallest absolute Gasteiger partial charge is 0.162 e. The third-order valence-electron chi connectivity index (χ3n) is 7.09. The number of benzene rings is 3. The van der Waals surface area contributed by atoms with Gasteiger partial charge in [0, 0.05) is 60.7 Å². The van der Waals surface area contributed by atoms with Crippen LogP contribution in [0.4, 0.5) is 0 Å². The second-order valence-corrected chi connectivity index (χ2v) is 9.19. The maximum absolute atomic E-state index is 11.7. The van der Waals surface area contributed by atoms with Gasteiger partial charge in [0.25, 0.3) is 0 Å². The Hall–Kier alpha value is -3.01. The average Bonchev–Trinajstić information content (AvgIpc) is 2.90. The van der Waals surface area contributed by atoms with Crippen molar-refractivity contribution in [2.24, 2.45) is 11.8 Å². The van der Waals surface area contributed by atoms with E-state index in [1.807, 2.05) is 64.2 Å². The number of carbonyl (C=O) groups excluding carboxylic acids is 1. The molecule has 0 aliphatic carbocycles. The predicted molar refractivity (Wildman–Crippen MR) is 147 cm³/mol. The van der Waals surface area contributed by atoms with Crippen LogP contribution in [0.3, 0.4) is 0 Å². The third kappa shape index (κ3) is 5.95. The molecule has 37 heavy (non-hydrogen) atoms. The first-order valence-electron chi connectivity index (χ1n) is 13.0. The molecule has 195 valence electrons. The Balaban J connectivity index is 0.000000214. The van der Waals surface area contributed by atoms with E-state index in [-0.39, 0.29) is 43.5 Å². The summed E-state index contributed by atoms with van der Waals surface area (Å²) >= 11 is 0. The number of allylic oxidation sites excluding steroid dienone is 2. The third-order valence-corrected chi connectivity index (χ3v) is 7.09. The Morgan fingerprint density at radius 2 is 1.65 bits per heavy atom. The van der Waals surface area contributed by atoms with Gasteiger partial charge < -0.3 is 14.8 Å². The Kier molecular flexibility index (Phi) is 10.0. The number of rotatable bonds is 7. The van der Waals surface area contributed by atoms with Crippen LogP contribution in [0.15, 0.2) is 72.6 Å². The van der Waals surface area contributed by atoms with Gasteiger partial charge in [0.15, 0.2) is 5.78 Å². The number of aliphatic hydroxyl groups excluding tert-OH is 1. The van der Waals surface area contributed by atoms with Crippen molar-refractivity contribution in [3.63, 3.8) is 0 Å². The Morgan fingerprint density at radius 3 is 2.35 bits per heavy atom. The second-order valence-electron chi connectivity index (χ2n) is 9.19. The van der Waals surface area contributed by atoms with Gasteiger partial charge in [-0.2, -0.15) is 0 Å². The summed E-state index contributed by atoms with van der Waals surface area (Å²) in [6.07, 6.45) is 6.77. The van der Waals surface area contributed by atoms with Gasteiger partial charge in [-0.25, -0.2) is 0 Å². The Labute approximate surface area is 233 Å². The first-order chi connectivity index (χ1) is 17.5. The molecule has 5 heteroatoms. The van der Waals surface area contributed by atoms with Gasteiger partial charge in [-0.1, -0.05) is 52.0 Å². The summed E-state index contributed by atoms with van der Waals surface area (Å²) in [5, 5.41) is 13.0. The number of ketones is 1. The van der Waals surface area contributed by atoms with Crippen molar-refractivity contribution in [2.45, 2.75) is 53.4 Å². The monoisotopic (exact) mass is 673 g/mol. The van der Waals surface area contributed by atoms with Crippen molar-refractivity contribution in [2.75, 3.05) is 0 Å². The number of carbonyl (C=O) groups is 1. The van der Waals surface area contributed by atoms with E-state index in [4.69, 9.17) is 4.74 Å². The fourth-order valence-electron chi connectivity index (χ4n) is 4.87. The number of aromatic nitrogens is 1. The van der Waals surface area contributed by atoms with Crippen molar-refractivity contribution in [1.82, 2.24) is 4.98 Å². The zero-order valence-corrected chi connectivity index (χ0v) is 24.3. The van der Waals surface area contributed by atoms with Gasteiger partial charge in [0.1, 0.15) is 11.5 Å². The van der Waals surface area contributed by atoms with Crippen LogP contribution in [-0.2, 0) is 24.9 Å². The van der Waals surface area contributed by atoms with Gasteiger partial charge in [-0.15, -0.1) is 35.0 Å². The van der Waals surface area contributed by atoms with E-state index >= 15 is 0 Å². The quantitative estimate of drug-likeness (QED) is 0.0813. The minimum absolute atomic E-state index is 0. The SMILES string of the molecule is CCC(CC)C(=O)/C=C(\O)C(CC)CC.[Ir].[c-]1cccc2cc3c4c(ccnc4c12)-c1ccccc1O3. The first kappa shape index (κ1) is 28.6. The van der Waals surface area contributed by atoms with Crippen LogP contribution in [0.2, 0.25) is 0 Å². The summed E-state index contributed by atoms with van der Waals surface area (Å²) in [6.45, 7) is 8.07. The molecule has 0 saturated carbocycles. The van der Waals surface area contributed by atoms with Gasteiger partial charge in [0.05, 0.1) is 5.76 Å². The van der Waals surface area contributed by atoms with Crippen molar-refractivity contribution >= 4 is 27.5 Å². The van der Waals surface area contributed by atoms with Gasteiger partial charge >= 0.3 is 0 Å². The van der Waals surface area contributed by atoms with Crippen molar-refractivity contribution in [1.29, 1.82) is 0 Å². The molecule has 5 rings (SSSR count). The topological polar surface area (TPSA) is 59.4 Å². The zero-order chi connectivity index (χ0) is 25.7. The van der Waals surface area contributed by atoms with Gasteiger partial charge in [0.2, 0.25) is 0 Å². The van der Waals surface area contributed by atoms with E-state index < -0.39 is 0 Å². The van der Waals surface area contributed by atoms with Crippen LogP contribution in [0.1, 0.15) is 53.4 Å². The van der Waals surface area contributed by atoms with E-state index in [9.17, 15) is 9.90 Å². The van der Waals surface area contributed by atoms with Crippen LogP contribution in [-0.4, -0.2) is 15.9 Å². The number of fused-ring (bicyclic) bond motifs is 4. The number of hydrogen-bond acceptors (Lipinski definition) is 4. The maximum atomic E-state index is 11.7. The van der Waals surface area contributed by atoms with Crippen molar-refractivity contribution in [3.05, 3.63) is 78.7 Å². The minimum atomic E-state index is 0. The second kappa shape index (κ2) is 13.0. The van der Waals surface area contributed by atoms with Gasteiger partial charge in [-0.3, -0.25) is 4.79 Å². The molecule has 1 N–H and O–H groups in total. The number of para-hydroxylation sites is 1. The van der Waals surface area contributed by atoms with E-state index in [2.05, 4.69) is 35.3 Å². The molecule has 0 bridgehead atoms. The fourth-order valence-corrected chi connectivity index (χ4v) is 4.87. The number of nitrogens with zero attached hydrogens (tertiary/aromatic N) is 1. The summed E-state index contributed by atoms with van der Waals surface area (Å²) in [7, 11) is 0. The molecule has 1 aliphatic heterocycles. The van der Waals surface area contributed by atoms with Crippen molar-refractivity contribution in [3.8, 4) is 22.6 Å². The molecular formula is C32H34IrNO3-. The van der Waals surface area contributed by atoms with Crippen LogP contribution < -0.4 is 4.74 Å². The van der Waals surface area contributed by atoms with Gasteiger partial charge in [-0.05, 0) is 43.4 Å². The summed E-state index contributed by atoms with van der Waals surface area (Å²) in [5.41, 5.74) is 3.25. The molecule has 4 aromatic rings. The molecule has 1 aromatic heterocycles. The Bertz CT molecular complexity index is 1400. The van der Waals surface area contributed by atoms with E-state index in [0.29, 0.717) is 0 Å². The number of hydrogen-bond donors (Lipinski definition) is 1. The summed E-state index contributed by atoms with van der Waals surface area (Å²) < 4.78 is 6.10. The standard InChI is InChI=1S/C19H10NO.C13H24O2.Ir/c1-2-6-13-12(5-1)11-17-18-15(9-10-20-19(13)18)14-7-3-4-8-16(14)21-17;1-5-10(6-2)12(14)9-13(15)11(7-3)8-4;/h1-5,7-11H;9-11,14H,5-8H2,1-4H3;/q-1;;/b;12-9-;. The molecule has 1 aliphatic rings. The van der Waals surface area contributed by atoms with E-state index in [1.54, 1.807) is 0 Å². The molecule has 2 heterocycles. The first-order valence-corrected chi connectivity index (χ1v) is 13.0. The number of pyridine rings is 1. The zero-order valence-electron chi connectivity index (χ0n) is 21.9. The maximum Gasteiger partial charge on any atom is 0.162 e. The summed E-state index contributed by atoms with van der Waals surface area (Å²) in [6, 6.07) is 21.5. The molecule has 0 fully saturated rings. The molecular weight excluding hydrogens is 639 g/mol. The normalized spacial score (nSPS) is 12.0. The van der Waals surface area contributed by atoms with Crippen LogP contribution in [0, 0.1) is 17.9 Å². The predicted octanol–water partition coefficient (Wildman–Crippen LogP) is 8.83. The average molecular weight is 673 g/mol. The fraction of sp³-hybridized carbons (Fsp3) is 0.312. The summed E-state index contributed by atoms with van der Waals surface area (Å²) in [4.78, 5) is 16.3. The van der Waals surface area contributed by atoms with Crippen molar-refractivity contribution < 1.29 is 34.7 Å². The largest absolute Gasteiger partial charge is 0.512 e. The van der Waals surface area contributed by atoms with E-state index in [1.165, 1.54) is 11.6 Å². The summed E-state index contributed by atoms with van der Waals surface area (Å²) in [5.74, 6) is 2.32. The molecule has 0 atom stereocenters. The molecule has 0 spiro atoms. The molecule has 3 aromatic carbocycles. The van der Waals surface area contributed by atoms with Crippen LogP contribution in [0.25, 0.3) is 32.8 Å². The van der Waals surface area contributed by atoms with Crippen LogP contribution in [0.5, 0.6) is 11.5 Å². The molecule has 0 unspecified atom stereocenters. The Morgan fingerprint density at radius 1 is 0.946 bits per heavy atom. The van der Waals surface area contributed by atoms with Crippen LogP contribution >= 0.6 is 0 Å². The molecule has 0 saturated heterocycles. The molecule has 4 nitrogen and oxygen atoms in total. The number of ether oxygens (including phenoxy) is 1. The minimum Gasteiger partial charge on any atom is -0.512 e. The molecule has 0 amide bonds. The van der Waals surface area contributed by atoms with E-state index in [0.717, 1.165) is 64.4 Å². The molecule has 1 radical (unpaired) electrons.